The van der Waals surface area contributed by atoms with Gasteiger partial charge in [0, 0.05) is 31.7 Å². The summed E-state index contributed by atoms with van der Waals surface area (Å²) < 4.78 is 14.8. The van der Waals surface area contributed by atoms with Crippen LogP contribution in [0.2, 0.25) is 0 Å². The van der Waals surface area contributed by atoms with E-state index in [9.17, 15) is 9.18 Å². The highest BCUT2D eigenvalue weighted by Crippen LogP contribution is 2.32. The van der Waals surface area contributed by atoms with E-state index in [0.29, 0.717) is 30.3 Å². The number of halogens is 1. The van der Waals surface area contributed by atoms with Crippen molar-refractivity contribution in [3.8, 4) is 0 Å². The molecular weight excluding hydrogens is 339 g/mol. The molecule has 2 aromatic carbocycles. The van der Waals surface area contributed by atoms with E-state index in [2.05, 4.69) is 29.2 Å². The minimum atomic E-state index is -0.242. The Hall–Kier alpha value is -2.36. The van der Waals surface area contributed by atoms with Crippen LogP contribution in [0.5, 0.6) is 0 Å². The zero-order valence-corrected chi connectivity index (χ0v) is 16.3. The molecule has 1 aliphatic rings. The second kappa shape index (κ2) is 9.03. The van der Waals surface area contributed by atoms with Crippen LogP contribution in [0.15, 0.2) is 48.5 Å². The molecule has 0 N–H and O–H groups in total. The number of hydrogen-bond donors (Lipinski definition) is 0. The SMILES string of the molecule is CCCC(=O)N(CC)c1ccc(N2CCC(c3ccccc3)CC2)c(F)c1. The average Bonchev–Trinajstić information content (AvgIpc) is 2.70. The number of carbonyl (C=O) groups is 1. The van der Waals surface area contributed by atoms with Crippen molar-refractivity contribution in [2.45, 2.75) is 45.4 Å². The van der Waals surface area contributed by atoms with Gasteiger partial charge in [-0.05, 0) is 55.9 Å². The Morgan fingerprint density at radius 1 is 1.11 bits per heavy atom. The van der Waals surface area contributed by atoms with Crippen molar-refractivity contribution in [2.24, 2.45) is 0 Å². The summed E-state index contributed by atoms with van der Waals surface area (Å²) in [6.45, 7) is 6.16. The summed E-state index contributed by atoms with van der Waals surface area (Å²) in [4.78, 5) is 16.0. The monoisotopic (exact) mass is 368 g/mol. The molecule has 144 valence electrons. The third-order valence-corrected chi connectivity index (χ3v) is 5.43. The molecule has 1 fully saturated rings. The van der Waals surface area contributed by atoms with E-state index in [-0.39, 0.29) is 11.7 Å². The first-order valence-corrected chi connectivity index (χ1v) is 10.0. The van der Waals surface area contributed by atoms with Gasteiger partial charge in [0.15, 0.2) is 0 Å². The largest absolute Gasteiger partial charge is 0.369 e. The second-order valence-electron chi connectivity index (χ2n) is 7.20. The van der Waals surface area contributed by atoms with Crippen LogP contribution >= 0.6 is 0 Å². The summed E-state index contributed by atoms with van der Waals surface area (Å²) in [6.07, 6.45) is 3.35. The number of piperidine rings is 1. The van der Waals surface area contributed by atoms with Gasteiger partial charge in [-0.25, -0.2) is 4.39 Å². The highest BCUT2D eigenvalue weighted by atomic mass is 19.1. The zero-order valence-electron chi connectivity index (χ0n) is 16.3. The Kier molecular flexibility index (Phi) is 6.49. The van der Waals surface area contributed by atoms with Gasteiger partial charge in [0.05, 0.1) is 5.69 Å². The van der Waals surface area contributed by atoms with Crippen LogP contribution in [0.1, 0.15) is 51.0 Å². The van der Waals surface area contributed by atoms with E-state index < -0.39 is 0 Å². The van der Waals surface area contributed by atoms with Gasteiger partial charge >= 0.3 is 0 Å². The van der Waals surface area contributed by atoms with Crippen molar-refractivity contribution in [1.29, 1.82) is 0 Å². The summed E-state index contributed by atoms with van der Waals surface area (Å²) in [7, 11) is 0. The third-order valence-electron chi connectivity index (χ3n) is 5.43. The van der Waals surface area contributed by atoms with Crippen LogP contribution < -0.4 is 9.80 Å². The van der Waals surface area contributed by atoms with Crippen molar-refractivity contribution in [2.75, 3.05) is 29.4 Å². The fourth-order valence-electron chi connectivity index (χ4n) is 3.95. The first-order valence-electron chi connectivity index (χ1n) is 10.0. The number of benzene rings is 2. The molecule has 0 unspecified atom stereocenters. The van der Waals surface area contributed by atoms with Crippen LogP contribution in [0, 0.1) is 5.82 Å². The van der Waals surface area contributed by atoms with Crippen LogP contribution in [0.25, 0.3) is 0 Å². The van der Waals surface area contributed by atoms with Gasteiger partial charge in [-0.15, -0.1) is 0 Å². The molecule has 0 radical (unpaired) electrons. The maximum atomic E-state index is 14.8. The molecule has 2 aromatic rings. The highest BCUT2D eigenvalue weighted by Gasteiger charge is 2.23. The van der Waals surface area contributed by atoms with E-state index in [1.165, 1.54) is 11.6 Å². The number of hydrogen-bond acceptors (Lipinski definition) is 2. The molecule has 0 spiro atoms. The van der Waals surface area contributed by atoms with Gasteiger partial charge in [0.2, 0.25) is 5.91 Å². The summed E-state index contributed by atoms with van der Waals surface area (Å²) in [6, 6.07) is 15.8. The van der Waals surface area contributed by atoms with Crippen molar-refractivity contribution in [3.63, 3.8) is 0 Å². The van der Waals surface area contributed by atoms with Crippen LogP contribution in [0.3, 0.4) is 0 Å². The number of anilines is 2. The molecule has 3 rings (SSSR count). The van der Waals surface area contributed by atoms with Crippen molar-refractivity contribution in [1.82, 2.24) is 0 Å². The first kappa shape index (κ1) is 19.4. The molecule has 3 nitrogen and oxygen atoms in total. The fraction of sp³-hybridized carbons (Fsp3) is 0.435. The normalized spacial score (nSPS) is 15.0. The first-order chi connectivity index (χ1) is 13.1. The third kappa shape index (κ3) is 4.49. The van der Waals surface area contributed by atoms with Crippen molar-refractivity contribution >= 4 is 17.3 Å². The van der Waals surface area contributed by atoms with Crippen molar-refractivity contribution in [3.05, 3.63) is 59.9 Å². The van der Waals surface area contributed by atoms with Crippen LogP contribution in [0.4, 0.5) is 15.8 Å². The number of rotatable bonds is 6. The smallest absolute Gasteiger partial charge is 0.226 e. The molecule has 0 aromatic heterocycles. The lowest BCUT2D eigenvalue weighted by molar-refractivity contribution is -0.118. The molecule has 4 heteroatoms. The Morgan fingerprint density at radius 2 is 1.81 bits per heavy atom. The molecule has 27 heavy (non-hydrogen) atoms. The summed E-state index contributed by atoms with van der Waals surface area (Å²) >= 11 is 0. The van der Waals surface area contributed by atoms with Gasteiger partial charge in [0.25, 0.3) is 0 Å². The summed E-state index contributed by atoms with van der Waals surface area (Å²) in [5.74, 6) is 0.358. The Balaban J connectivity index is 1.69. The van der Waals surface area contributed by atoms with E-state index in [1.54, 1.807) is 4.90 Å². The van der Waals surface area contributed by atoms with Gasteiger partial charge in [-0.1, -0.05) is 37.3 Å². The Labute approximate surface area is 161 Å². The number of carbonyl (C=O) groups excluding carboxylic acids is 1. The second-order valence-corrected chi connectivity index (χ2v) is 7.20. The minimum absolute atomic E-state index is 0.0517. The molecule has 0 saturated carbocycles. The quantitative estimate of drug-likeness (QED) is 0.685. The van der Waals surface area contributed by atoms with E-state index in [4.69, 9.17) is 0 Å². The zero-order chi connectivity index (χ0) is 19.2. The van der Waals surface area contributed by atoms with E-state index in [1.807, 2.05) is 32.0 Å². The molecule has 1 saturated heterocycles. The maximum Gasteiger partial charge on any atom is 0.226 e. The fourth-order valence-corrected chi connectivity index (χ4v) is 3.95. The lowest BCUT2D eigenvalue weighted by Crippen LogP contribution is -2.34. The molecule has 1 aliphatic heterocycles. The van der Waals surface area contributed by atoms with Crippen LogP contribution in [-0.2, 0) is 4.79 Å². The lowest BCUT2D eigenvalue weighted by atomic mass is 9.89. The van der Waals surface area contributed by atoms with E-state index >= 15 is 0 Å². The Morgan fingerprint density at radius 3 is 2.41 bits per heavy atom. The molecule has 0 atom stereocenters. The van der Waals surface area contributed by atoms with Gasteiger partial charge in [-0.2, -0.15) is 0 Å². The molecular formula is C23H29FN2O. The van der Waals surface area contributed by atoms with Crippen molar-refractivity contribution < 1.29 is 9.18 Å². The predicted octanol–water partition coefficient (Wildman–Crippen LogP) is 5.36. The summed E-state index contributed by atoms with van der Waals surface area (Å²) in [5, 5.41) is 0. The average molecular weight is 368 g/mol. The Bertz CT molecular complexity index is 754. The minimum Gasteiger partial charge on any atom is -0.369 e. The van der Waals surface area contributed by atoms with E-state index in [0.717, 1.165) is 32.4 Å². The molecule has 1 heterocycles. The van der Waals surface area contributed by atoms with Crippen LogP contribution in [-0.4, -0.2) is 25.5 Å². The molecule has 1 amide bonds. The molecule has 0 aliphatic carbocycles. The number of nitrogens with zero attached hydrogens (tertiary/aromatic N) is 2. The predicted molar refractivity (Wildman–Crippen MR) is 110 cm³/mol. The standard InChI is InChI=1S/C23H29FN2O/c1-3-8-23(27)26(4-2)20-11-12-22(21(24)17-20)25-15-13-19(14-16-25)18-9-6-5-7-10-18/h5-7,9-12,17,19H,3-4,8,13-16H2,1-2H3. The van der Waals surface area contributed by atoms with Gasteiger partial charge in [-0.3, -0.25) is 4.79 Å². The van der Waals surface area contributed by atoms with Gasteiger partial charge in [0.1, 0.15) is 5.82 Å². The highest BCUT2D eigenvalue weighted by molar-refractivity contribution is 5.93. The van der Waals surface area contributed by atoms with Gasteiger partial charge < -0.3 is 9.80 Å². The molecule has 0 bridgehead atoms. The number of amides is 1. The topological polar surface area (TPSA) is 23.6 Å². The summed E-state index contributed by atoms with van der Waals surface area (Å²) in [5.41, 5.74) is 2.67. The lowest BCUT2D eigenvalue weighted by Gasteiger charge is -2.34. The maximum absolute atomic E-state index is 14.8.